The van der Waals surface area contributed by atoms with Gasteiger partial charge in [-0.3, -0.25) is 4.55 Å². The van der Waals surface area contributed by atoms with Crippen molar-refractivity contribution in [3.63, 3.8) is 0 Å². The Bertz CT molecular complexity index is 595. The Balaban J connectivity index is 0.000000280. The van der Waals surface area contributed by atoms with Crippen LogP contribution >= 0.6 is 0 Å². The molecule has 0 saturated carbocycles. The van der Waals surface area contributed by atoms with Crippen LogP contribution in [0.2, 0.25) is 0 Å². The summed E-state index contributed by atoms with van der Waals surface area (Å²) in [6, 6.07) is 8.53. The summed E-state index contributed by atoms with van der Waals surface area (Å²) < 4.78 is 25.9. The van der Waals surface area contributed by atoms with Crippen molar-refractivity contribution >= 4 is 21.0 Å². The highest BCUT2D eigenvalue weighted by Gasteiger charge is 2.03. The van der Waals surface area contributed by atoms with Crippen molar-refractivity contribution in [3.8, 4) is 0 Å². The van der Waals surface area contributed by atoms with E-state index in [-0.39, 0.29) is 6.04 Å². The molecular formula is C12H18N2O3S. The van der Waals surface area contributed by atoms with E-state index in [1.54, 1.807) is 0 Å². The lowest BCUT2D eigenvalue weighted by Gasteiger charge is -2.02. The van der Waals surface area contributed by atoms with Gasteiger partial charge in [-0.1, -0.05) is 18.2 Å². The average Bonchev–Trinajstić information content (AvgIpc) is 2.59. The van der Waals surface area contributed by atoms with Gasteiger partial charge in [-0.2, -0.15) is 8.42 Å². The molecule has 6 heteroatoms. The van der Waals surface area contributed by atoms with Crippen molar-refractivity contribution in [3.05, 3.63) is 36.0 Å². The predicted molar refractivity (Wildman–Crippen MR) is 73.1 cm³/mol. The van der Waals surface area contributed by atoms with Crippen LogP contribution in [-0.2, 0) is 16.5 Å². The molecule has 100 valence electrons. The molecule has 0 aliphatic carbocycles. The zero-order chi connectivity index (χ0) is 13.8. The third-order valence-corrected chi connectivity index (χ3v) is 2.22. The molecule has 0 saturated heterocycles. The monoisotopic (exact) mass is 270 g/mol. The first-order valence-electron chi connectivity index (χ1n) is 5.50. The molecule has 1 unspecified atom stereocenters. The van der Waals surface area contributed by atoms with Gasteiger partial charge in [-0.05, 0) is 25.0 Å². The van der Waals surface area contributed by atoms with Crippen LogP contribution in [-0.4, -0.2) is 30.3 Å². The molecule has 0 radical (unpaired) electrons. The Hall–Kier alpha value is -1.37. The second kappa shape index (κ2) is 5.99. The first kappa shape index (κ1) is 14.7. The van der Waals surface area contributed by atoms with E-state index in [4.69, 9.17) is 10.3 Å². The lowest BCUT2D eigenvalue weighted by atomic mass is 10.1. The first-order valence-corrected chi connectivity index (χ1v) is 7.35. The molecule has 18 heavy (non-hydrogen) atoms. The summed E-state index contributed by atoms with van der Waals surface area (Å²) >= 11 is 0. The molecule has 0 fully saturated rings. The fourth-order valence-corrected chi connectivity index (χ4v) is 1.65. The number of benzene rings is 1. The van der Waals surface area contributed by atoms with Crippen molar-refractivity contribution < 1.29 is 13.0 Å². The van der Waals surface area contributed by atoms with E-state index in [1.807, 2.05) is 19.2 Å². The number of aromatic amines is 1. The smallest absolute Gasteiger partial charge is 0.261 e. The van der Waals surface area contributed by atoms with Crippen LogP contribution in [0.5, 0.6) is 0 Å². The highest BCUT2D eigenvalue weighted by Crippen LogP contribution is 2.18. The van der Waals surface area contributed by atoms with Crippen LogP contribution in [0.15, 0.2) is 30.5 Å². The van der Waals surface area contributed by atoms with Gasteiger partial charge in [0, 0.05) is 23.1 Å². The fourth-order valence-electron chi connectivity index (χ4n) is 1.65. The van der Waals surface area contributed by atoms with Gasteiger partial charge in [0.2, 0.25) is 0 Å². The van der Waals surface area contributed by atoms with Gasteiger partial charge in [-0.25, -0.2) is 0 Å². The summed E-state index contributed by atoms with van der Waals surface area (Å²) in [5.41, 5.74) is 8.26. The number of hydrogen-bond acceptors (Lipinski definition) is 3. The molecule has 0 amide bonds. The molecule has 1 heterocycles. The molecule has 1 aromatic heterocycles. The molecule has 1 atom stereocenters. The number of para-hydroxylation sites is 1. The van der Waals surface area contributed by atoms with E-state index in [0.717, 1.165) is 6.42 Å². The topological polar surface area (TPSA) is 96.2 Å². The lowest BCUT2D eigenvalue weighted by molar-refractivity contribution is 0.490. The van der Waals surface area contributed by atoms with Crippen LogP contribution in [0.4, 0.5) is 0 Å². The highest BCUT2D eigenvalue weighted by atomic mass is 32.2. The van der Waals surface area contributed by atoms with Gasteiger partial charge in [0.1, 0.15) is 0 Å². The lowest BCUT2D eigenvalue weighted by Crippen LogP contribution is -2.17. The number of nitrogens with one attached hydrogen (secondary N) is 1. The van der Waals surface area contributed by atoms with Gasteiger partial charge < -0.3 is 10.7 Å². The molecule has 0 aliphatic heterocycles. The van der Waals surface area contributed by atoms with E-state index in [0.29, 0.717) is 6.26 Å². The van der Waals surface area contributed by atoms with Crippen molar-refractivity contribution in [2.24, 2.45) is 5.73 Å². The van der Waals surface area contributed by atoms with Crippen molar-refractivity contribution in [1.29, 1.82) is 0 Å². The summed E-state index contributed by atoms with van der Waals surface area (Å²) in [5, 5.41) is 1.29. The predicted octanol–water partition coefficient (Wildman–Crippen LogP) is 1.56. The fraction of sp³-hybridized carbons (Fsp3) is 0.333. The molecule has 2 aromatic rings. The van der Waals surface area contributed by atoms with Gasteiger partial charge in [-0.15, -0.1) is 0 Å². The third kappa shape index (κ3) is 5.31. The normalized spacial score (nSPS) is 12.9. The van der Waals surface area contributed by atoms with Crippen molar-refractivity contribution in [2.45, 2.75) is 19.4 Å². The van der Waals surface area contributed by atoms with Crippen molar-refractivity contribution in [2.75, 3.05) is 6.26 Å². The number of H-pyrrole nitrogens is 1. The SMILES string of the molecule is CC(N)Cc1c[nH]c2ccccc12.CS(=O)(=O)O. The van der Waals surface area contributed by atoms with Gasteiger partial charge in [0.05, 0.1) is 6.26 Å². The average molecular weight is 270 g/mol. The zero-order valence-electron chi connectivity index (χ0n) is 10.4. The minimum absolute atomic E-state index is 0.221. The number of hydrogen-bond donors (Lipinski definition) is 3. The Morgan fingerprint density at radius 1 is 1.39 bits per heavy atom. The van der Waals surface area contributed by atoms with Crippen LogP contribution in [0.1, 0.15) is 12.5 Å². The van der Waals surface area contributed by atoms with Crippen LogP contribution in [0.3, 0.4) is 0 Å². The zero-order valence-corrected chi connectivity index (χ0v) is 11.2. The standard InChI is InChI=1S/C11H14N2.CH4O3S/c1-8(12)6-9-7-13-11-5-3-2-4-10(9)11;1-5(2,3)4/h2-5,7-8,13H,6,12H2,1H3;1H3,(H,2,3,4). The molecular weight excluding hydrogens is 252 g/mol. The third-order valence-electron chi connectivity index (χ3n) is 2.22. The number of fused-ring (bicyclic) bond motifs is 1. The van der Waals surface area contributed by atoms with Gasteiger partial charge >= 0.3 is 0 Å². The summed E-state index contributed by atoms with van der Waals surface area (Å²) in [6.07, 6.45) is 3.70. The minimum atomic E-state index is -3.67. The maximum absolute atomic E-state index is 9.19. The van der Waals surface area contributed by atoms with E-state index < -0.39 is 10.1 Å². The Morgan fingerprint density at radius 3 is 2.50 bits per heavy atom. The van der Waals surface area contributed by atoms with Gasteiger partial charge in [0.15, 0.2) is 0 Å². The second-order valence-corrected chi connectivity index (χ2v) is 5.74. The van der Waals surface area contributed by atoms with E-state index in [2.05, 4.69) is 23.2 Å². The molecule has 0 aliphatic rings. The maximum atomic E-state index is 9.19. The number of nitrogens with two attached hydrogens (primary N) is 1. The summed E-state index contributed by atoms with van der Waals surface area (Å²) in [7, 11) is -3.67. The second-order valence-electron chi connectivity index (χ2n) is 4.27. The molecule has 0 bridgehead atoms. The van der Waals surface area contributed by atoms with Gasteiger partial charge in [0.25, 0.3) is 10.1 Å². The summed E-state index contributed by atoms with van der Waals surface area (Å²) in [5.74, 6) is 0. The Kier molecular flexibility index (Phi) is 4.89. The van der Waals surface area contributed by atoms with Crippen molar-refractivity contribution in [1.82, 2.24) is 4.98 Å². The molecule has 1 aromatic carbocycles. The molecule has 4 N–H and O–H groups in total. The quantitative estimate of drug-likeness (QED) is 0.721. The first-order chi connectivity index (χ1) is 8.27. The van der Waals surface area contributed by atoms with E-state index >= 15 is 0 Å². The Morgan fingerprint density at radius 2 is 1.94 bits per heavy atom. The molecule has 5 nitrogen and oxygen atoms in total. The van der Waals surface area contributed by atoms with Crippen LogP contribution < -0.4 is 5.73 Å². The minimum Gasteiger partial charge on any atom is -0.361 e. The Labute approximate surface area is 107 Å². The summed E-state index contributed by atoms with van der Waals surface area (Å²) in [6.45, 7) is 2.03. The van der Waals surface area contributed by atoms with E-state index in [9.17, 15) is 8.42 Å². The van der Waals surface area contributed by atoms with Crippen LogP contribution in [0, 0.1) is 0 Å². The van der Waals surface area contributed by atoms with Crippen LogP contribution in [0.25, 0.3) is 10.9 Å². The molecule has 2 rings (SSSR count). The number of aromatic nitrogens is 1. The molecule has 0 spiro atoms. The van der Waals surface area contributed by atoms with E-state index in [1.165, 1.54) is 16.5 Å². The largest absolute Gasteiger partial charge is 0.361 e. The highest BCUT2D eigenvalue weighted by molar-refractivity contribution is 7.85. The maximum Gasteiger partial charge on any atom is 0.261 e. The number of rotatable bonds is 2. The summed E-state index contributed by atoms with van der Waals surface area (Å²) in [4.78, 5) is 3.24.